The Kier molecular flexibility index (Phi) is 1.02. The third-order valence-electron chi connectivity index (χ3n) is 1.14. The lowest BCUT2D eigenvalue weighted by atomic mass is 10.5. The van der Waals surface area contributed by atoms with Gasteiger partial charge in [0.1, 0.15) is 0 Å². The summed E-state index contributed by atoms with van der Waals surface area (Å²) < 4.78 is 0. The van der Waals surface area contributed by atoms with Gasteiger partial charge in [0.05, 0.1) is 6.61 Å². The Morgan fingerprint density at radius 2 is 2.57 bits per heavy atom. The molecule has 0 atom stereocenters. The van der Waals surface area contributed by atoms with Crippen molar-refractivity contribution in [3.05, 3.63) is 11.8 Å². The van der Waals surface area contributed by atoms with Gasteiger partial charge in [-0.1, -0.05) is 0 Å². The van der Waals surface area contributed by atoms with Crippen LogP contribution < -0.4 is 0 Å². The molecule has 0 aromatic rings. The van der Waals surface area contributed by atoms with Gasteiger partial charge < -0.3 is 0 Å². The molecule has 0 aliphatic carbocycles. The lowest BCUT2D eigenvalue weighted by Crippen LogP contribution is -2.08. The summed E-state index contributed by atoms with van der Waals surface area (Å²) in [6.07, 6.45) is 2.04. The lowest BCUT2D eigenvalue weighted by molar-refractivity contribution is -0.0770. The summed E-state index contributed by atoms with van der Waals surface area (Å²) in [5.74, 6) is 0. The van der Waals surface area contributed by atoms with Crippen molar-refractivity contribution >= 4 is 0 Å². The van der Waals surface area contributed by atoms with E-state index in [1.165, 1.54) is 5.70 Å². The molecule has 2 nitrogen and oxygen atoms in total. The largest absolute Gasteiger partial charge is 0.270 e. The van der Waals surface area contributed by atoms with E-state index >= 15 is 0 Å². The summed E-state index contributed by atoms with van der Waals surface area (Å²) in [7, 11) is 1.90. The van der Waals surface area contributed by atoms with Crippen molar-refractivity contribution < 1.29 is 4.84 Å². The van der Waals surface area contributed by atoms with Gasteiger partial charge in [-0.25, -0.2) is 0 Å². The highest BCUT2D eigenvalue weighted by atomic mass is 16.7. The molecule has 1 aliphatic heterocycles. The minimum Gasteiger partial charge on any atom is -0.270 e. The van der Waals surface area contributed by atoms with E-state index in [2.05, 4.69) is 0 Å². The number of hydroxylamine groups is 2. The molecular formula is C5H9NO. The molecule has 0 bridgehead atoms. The zero-order valence-corrected chi connectivity index (χ0v) is 4.64. The summed E-state index contributed by atoms with van der Waals surface area (Å²) >= 11 is 0. The molecular weight excluding hydrogens is 90.1 g/mol. The van der Waals surface area contributed by atoms with E-state index < -0.39 is 0 Å². The molecule has 0 aromatic carbocycles. The highest BCUT2D eigenvalue weighted by molar-refractivity contribution is 4.97. The quantitative estimate of drug-likeness (QED) is 0.444. The molecule has 2 heteroatoms. The van der Waals surface area contributed by atoms with Crippen LogP contribution in [0.5, 0.6) is 0 Å². The Morgan fingerprint density at radius 1 is 1.86 bits per heavy atom. The van der Waals surface area contributed by atoms with Crippen LogP contribution in [-0.2, 0) is 4.84 Å². The van der Waals surface area contributed by atoms with Crippen molar-refractivity contribution in [2.75, 3.05) is 13.7 Å². The van der Waals surface area contributed by atoms with Crippen molar-refractivity contribution in [3.63, 3.8) is 0 Å². The molecule has 1 aliphatic rings. The fourth-order valence-corrected chi connectivity index (χ4v) is 0.500. The molecule has 0 N–H and O–H groups in total. The van der Waals surface area contributed by atoms with E-state index in [-0.39, 0.29) is 0 Å². The second-order valence-electron chi connectivity index (χ2n) is 1.64. The fourth-order valence-electron chi connectivity index (χ4n) is 0.500. The maximum absolute atomic E-state index is 5.01. The van der Waals surface area contributed by atoms with Crippen LogP contribution in [0.15, 0.2) is 11.8 Å². The first-order valence-electron chi connectivity index (χ1n) is 2.34. The van der Waals surface area contributed by atoms with Gasteiger partial charge in [-0.2, -0.15) is 0 Å². The van der Waals surface area contributed by atoms with E-state index in [1.807, 2.05) is 20.0 Å². The zero-order chi connectivity index (χ0) is 5.28. The van der Waals surface area contributed by atoms with Crippen LogP contribution in [0.1, 0.15) is 6.92 Å². The molecule has 7 heavy (non-hydrogen) atoms. The third kappa shape index (κ3) is 0.747. The third-order valence-corrected chi connectivity index (χ3v) is 1.14. The van der Waals surface area contributed by atoms with Crippen molar-refractivity contribution in [1.82, 2.24) is 5.06 Å². The van der Waals surface area contributed by atoms with Gasteiger partial charge in [-0.3, -0.25) is 9.90 Å². The first-order chi connectivity index (χ1) is 3.30. The summed E-state index contributed by atoms with van der Waals surface area (Å²) in [5, 5.41) is 1.76. The topological polar surface area (TPSA) is 12.5 Å². The number of nitrogens with zero attached hydrogens (tertiary/aromatic N) is 1. The number of hydrogen-bond donors (Lipinski definition) is 0. The molecule has 40 valence electrons. The van der Waals surface area contributed by atoms with Crippen molar-refractivity contribution in [2.45, 2.75) is 6.92 Å². The molecule has 0 unspecified atom stereocenters. The van der Waals surface area contributed by atoms with Gasteiger partial charge in [0, 0.05) is 12.7 Å². The predicted octanol–water partition coefficient (Wildman–Crippen LogP) is 0.767. The average Bonchev–Trinajstić information content (AvgIpc) is 1.91. The average molecular weight is 99.1 g/mol. The number of allylic oxidation sites excluding steroid dienone is 1. The summed E-state index contributed by atoms with van der Waals surface area (Å²) in [4.78, 5) is 5.01. The van der Waals surface area contributed by atoms with Gasteiger partial charge in [0.15, 0.2) is 0 Å². The van der Waals surface area contributed by atoms with Crippen molar-refractivity contribution in [3.8, 4) is 0 Å². The molecule has 0 radical (unpaired) electrons. The van der Waals surface area contributed by atoms with Gasteiger partial charge >= 0.3 is 0 Å². The minimum atomic E-state index is 0.738. The van der Waals surface area contributed by atoms with Crippen LogP contribution in [0.4, 0.5) is 0 Å². The molecule has 1 heterocycles. The van der Waals surface area contributed by atoms with E-state index in [0.29, 0.717) is 0 Å². The highest BCUT2D eigenvalue weighted by Gasteiger charge is 2.03. The summed E-state index contributed by atoms with van der Waals surface area (Å²) in [6.45, 7) is 2.76. The smallest absolute Gasteiger partial charge is 0.0950 e. The predicted molar refractivity (Wildman–Crippen MR) is 27.5 cm³/mol. The molecule has 1 rings (SSSR count). The molecule has 0 saturated carbocycles. The summed E-state index contributed by atoms with van der Waals surface area (Å²) in [5.41, 5.74) is 1.19. The maximum atomic E-state index is 5.01. The Labute approximate surface area is 43.3 Å². The molecule has 0 amide bonds. The fraction of sp³-hybridized carbons (Fsp3) is 0.600. The Morgan fingerprint density at radius 3 is 2.71 bits per heavy atom. The van der Waals surface area contributed by atoms with Crippen LogP contribution >= 0.6 is 0 Å². The SMILES string of the molecule is CC1=CCON1C. The molecule has 0 fully saturated rings. The van der Waals surface area contributed by atoms with Gasteiger partial charge in [0.2, 0.25) is 0 Å². The second-order valence-corrected chi connectivity index (χ2v) is 1.64. The van der Waals surface area contributed by atoms with Gasteiger partial charge in [-0.05, 0) is 13.0 Å². The Balaban J connectivity index is 2.54. The van der Waals surface area contributed by atoms with E-state index in [4.69, 9.17) is 4.84 Å². The Hall–Kier alpha value is -0.500. The van der Waals surface area contributed by atoms with Gasteiger partial charge in [-0.15, -0.1) is 0 Å². The van der Waals surface area contributed by atoms with Crippen LogP contribution in [0.3, 0.4) is 0 Å². The monoisotopic (exact) mass is 99.1 g/mol. The van der Waals surface area contributed by atoms with Gasteiger partial charge in [0.25, 0.3) is 0 Å². The van der Waals surface area contributed by atoms with Crippen LogP contribution in [0.2, 0.25) is 0 Å². The second kappa shape index (κ2) is 1.54. The van der Waals surface area contributed by atoms with E-state index in [0.717, 1.165) is 6.61 Å². The summed E-state index contributed by atoms with van der Waals surface area (Å²) in [6, 6.07) is 0. The normalized spacial score (nSPS) is 20.3. The lowest BCUT2D eigenvalue weighted by Gasteiger charge is -2.09. The molecule has 0 aromatic heterocycles. The molecule has 0 spiro atoms. The van der Waals surface area contributed by atoms with E-state index in [1.54, 1.807) is 5.06 Å². The van der Waals surface area contributed by atoms with Crippen LogP contribution in [-0.4, -0.2) is 18.7 Å². The standard InChI is InChI=1S/C5H9NO/c1-5-3-4-7-6(5)2/h3H,4H2,1-2H3. The zero-order valence-electron chi connectivity index (χ0n) is 4.64. The minimum absolute atomic E-state index is 0.738. The number of rotatable bonds is 0. The van der Waals surface area contributed by atoms with Crippen molar-refractivity contribution in [1.29, 1.82) is 0 Å². The van der Waals surface area contributed by atoms with Crippen molar-refractivity contribution in [2.24, 2.45) is 0 Å². The van der Waals surface area contributed by atoms with Crippen LogP contribution in [0, 0.1) is 0 Å². The van der Waals surface area contributed by atoms with E-state index in [9.17, 15) is 0 Å². The number of hydrogen-bond acceptors (Lipinski definition) is 2. The maximum Gasteiger partial charge on any atom is 0.0950 e. The molecule has 0 saturated heterocycles. The Bertz CT molecular complexity index is 98.3. The highest BCUT2D eigenvalue weighted by Crippen LogP contribution is 2.06. The first-order valence-corrected chi connectivity index (χ1v) is 2.34. The van der Waals surface area contributed by atoms with Crippen LogP contribution in [0.25, 0.3) is 0 Å². The first kappa shape index (κ1) is 4.65.